The van der Waals surface area contributed by atoms with Crippen LogP contribution in [-0.2, 0) is 0 Å². The van der Waals surface area contributed by atoms with Crippen molar-refractivity contribution in [3.8, 4) is 17.0 Å². The average Bonchev–Trinajstić information content (AvgIpc) is 2.69. The van der Waals surface area contributed by atoms with E-state index >= 15 is 0 Å². The fraction of sp³-hybridized carbons (Fsp3) is 0. The number of aromatic hydroxyl groups is 1. The number of pyridine rings is 1. The van der Waals surface area contributed by atoms with Crippen LogP contribution in [0.25, 0.3) is 22.0 Å². The van der Waals surface area contributed by atoms with Crippen LogP contribution in [0.4, 0.5) is 0 Å². The smallest absolute Gasteiger partial charge is 0.189 e. The summed E-state index contributed by atoms with van der Waals surface area (Å²) in [6.45, 7) is 0. The molecule has 0 saturated carbocycles. The van der Waals surface area contributed by atoms with Gasteiger partial charge in [-0.15, -0.1) is 0 Å². The maximum atomic E-state index is 9.35. The molecule has 0 aliphatic rings. The van der Waals surface area contributed by atoms with Crippen molar-refractivity contribution < 1.29 is 5.11 Å². The molecule has 0 amide bonds. The van der Waals surface area contributed by atoms with Crippen molar-refractivity contribution in [1.82, 2.24) is 9.97 Å². The van der Waals surface area contributed by atoms with Crippen LogP contribution < -0.4 is 0 Å². The van der Waals surface area contributed by atoms with Crippen LogP contribution in [0.15, 0.2) is 48.8 Å². The first kappa shape index (κ1) is 8.97. The molecule has 0 aliphatic heterocycles. The van der Waals surface area contributed by atoms with E-state index in [2.05, 4.69) is 9.97 Å². The minimum absolute atomic E-state index is 0.193. The monoisotopic (exact) mass is 210 g/mol. The average molecular weight is 210 g/mol. The van der Waals surface area contributed by atoms with Crippen molar-refractivity contribution in [2.75, 3.05) is 0 Å². The molecule has 0 unspecified atom stereocenters. The fourth-order valence-corrected chi connectivity index (χ4v) is 1.82. The predicted octanol–water partition coefficient (Wildman–Crippen LogP) is 2.94. The zero-order valence-electron chi connectivity index (χ0n) is 8.51. The van der Waals surface area contributed by atoms with E-state index in [1.807, 2.05) is 36.5 Å². The molecule has 0 radical (unpaired) electrons. The van der Waals surface area contributed by atoms with Crippen molar-refractivity contribution >= 4 is 10.9 Å². The SMILES string of the molecule is Oc1cc2ccc(-c3cccnc3)cc2[nH]1. The third-order valence-electron chi connectivity index (χ3n) is 2.60. The minimum atomic E-state index is 0.193. The maximum absolute atomic E-state index is 9.35. The second kappa shape index (κ2) is 3.38. The van der Waals surface area contributed by atoms with Crippen molar-refractivity contribution in [3.05, 3.63) is 48.8 Å². The topological polar surface area (TPSA) is 48.9 Å². The van der Waals surface area contributed by atoms with Crippen LogP contribution >= 0.6 is 0 Å². The largest absolute Gasteiger partial charge is 0.495 e. The molecule has 1 aromatic carbocycles. The Morgan fingerprint density at radius 3 is 2.81 bits per heavy atom. The Bertz CT molecular complexity index is 629. The van der Waals surface area contributed by atoms with Gasteiger partial charge in [0.05, 0.1) is 0 Å². The molecule has 3 aromatic rings. The van der Waals surface area contributed by atoms with Gasteiger partial charge in [-0.3, -0.25) is 4.98 Å². The quantitative estimate of drug-likeness (QED) is 0.648. The van der Waals surface area contributed by atoms with Crippen molar-refractivity contribution in [3.63, 3.8) is 0 Å². The molecule has 0 bridgehead atoms. The summed E-state index contributed by atoms with van der Waals surface area (Å²) in [6.07, 6.45) is 3.58. The summed E-state index contributed by atoms with van der Waals surface area (Å²) in [7, 11) is 0. The molecule has 0 aliphatic carbocycles. The third kappa shape index (κ3) is 1.42. The number of rotatable bonds is 1. The second-order valence-electron chi connectivity index (χ2n) is 3.70. The van der Waals surface area contributed by atoms with E-state index < -0.39 is 0 Å². The normalized spacial score (nSPS) is 10.8. The van der Waals surface area contributed by atoms with Gasteiger partial charge in [-0.1, -0.05) is 18.2 Å². The Kier molecular flexibility index (Phi) is 1.90. The number of hydrogen-bond donors (Lipinski definition) is 2. The summed E-state index contributed by atoms with van der Waals surface area (Å²) in [5.74, 6) is 0.193. The first-order chi connectivity index (χ1) is 7.83. The van der Waals surface area contributed by atoms with Gasteiger partial charge in [-0.2, -0.15) is 0 Å². The molecule has 3 heteroatoms. The van der Waals surface area contributed by atoms with Crippen molar-refractivity contribution in [1.29, 1.82) is 0 Å². The summed E-state index contributed by atoms with van der Waals surface area (Å²) in [6, 6.07) is 11.6. The zero-order valence-corrected chi connectivity index (χ0v) is 8.51. The molecule has 0 atom stereocenters. The van der Waals surface area contributed by atoms with Gasteiger partial charge in [0.15, 0.2) is 5.88 Å². The highest BCUT2D eigenvalue weighted by atomic mass is 16.3. The molecule has 0 fully saturated rings. The Balaban J connectivity index is 2.18. The Morgan fingerprint density at radius 1 is 1.06 bits per heavy atom. The van der Waals surface area contributed by atoms with E-state index in [-0.39, 0.29) is 5.88 Å². The summed E-state index contributed by atoms with van der Waals surface area (Å²) in [5.41, 5.74) is 3.08. The molecule has 3 rings (SSSR count). The molecular weight excluding hydrogens is 200 g/mol. The molecule has 0 spiro atoms. The van der Waals surface area contributed by atoms with Crippen LogP contribution in [0, 0.1) is 0 Å². The number of aromatic nitrogens is 2. The van der Waals surface area contributed by atoms with Crippen LogP contribution in [0.5, 0.6) is 5.88 Å². The zero-order chi connectivity index (χ0) is 11.0. The van der Waals surface area contributed by atoms with Gasteiger partial charge in [0.25, 0.3) is 0 Å². The molecular formula is C13H10N2O. The van der Waals surface area contributed by atoms with Crippen LogP contribution in [-0.4, -0.2) is 15.1 Å². The van der Waals surface area contributed by atoms with Gasteiger partial charge in [0, 0.05) is 34.9 Å². The number of benzene rings is 1. The number of nitrogens with one attached hydrogen (secondary N) is 1. The second-order valence-corrected chi connectivity index (χ2v) is 3.70. The molecule has 78 valence electrons. The third-order valence-corrected chi connectivity index (χ3v) is 2.60. The lowest BCUT2D eigenvalue weighted by Gasteiger charge is -2.00. The molecule has 2 N–H and O–H groups in total. The summed E-state index contributed by atoms with van der Waals surface area (Å²) in [5, 5.41) is 10.4. The number of hydrogen-bond acceptors (Lipinski definition) is 2. The molecule has 16 heavy (non-hydrogen) atoms. The summed E-state index contributed by atoms with van der Waals surface area (Å²) >= 11 is 0. The Hall–Kier alpha value is -2.29. The van der Waals surface area contributed by atoms with E-state index in [0.29, 0.717) is 0 Å². The highest BCUT2D eigenvalue weighted by Crippen LogP contribution is 2.25. The van der Waals surface area contributed by atoms with Gasteiger partial charge >= 0.3 is 0 Å². The minimum Gasteiger partial charge on any atom is -0.495 e. The van der Waals surface area contributed by atoms with Gasteiger partial charge in [-0.25, -0.2) is 0 Å². The molecule has 3 nitrogen and oxygen atoms in total. The van der Waals surface area contributed by atoms with E-state index in [0.717, 1.165) is 22.0 Å². The van der Waals surface area contributed by atoms with Gasteiger partial charge < -0.3 is 10.1 Å². The summed E-state index contributed by atoms with van der Waals surface area (Å²) < 4.78 is 0. The number of nitrogens with zero attached hydrogens (tertiary/aromatic N) is 1. The number of H-pyrrole nitrogens is 1. The van der Waals surface area contributed by atoms with Crippen molar-refractivity contribution in [2.45, 2.75) is 0 Å². The van der Waals surface area contributed by atoms with Gasteiger partial charge in [-0.05, 0) is 17.7 Å². The van der Waals surface area contributed by atoms with Gasteiger partial charge in [0.2, 0.25) is 0 Å². The lowest BCUT2D eigenvalue weighted by atomic mass is 10.1. The van der Waals surface area contributed by atoms with E-state index in [1.54, 1.807) is 12.3 Å². The molecule has 0 saturated heterocycles. The highest BCUT2D eigenvalue weighted by Gasteiger charge is 2.02. The van der Waals surface area contributed by atoms with Crippen LogP contribution in [0.3, 0.4) is 0 Å². The highest BCUT2D eigenvalue weighted by molar-refractivity contribution is 5.86. The number of fused-ring (bicyclic) bond motifs is 1. The fourth-order valence-electron chi connectivity index (χ4n) is 1.82. The lowest BCUT2D eigenvalue weighted by Crippen LogP contribution is -1.78. The Labute approximate surface area is 92.4 Å². The van der Waals surface area contributed by atoms with Crippen molar-refractivity contribution in [2.24, 2.45) is 0 Å². The molecule has 2 aromatic heterocycles. The van der Waals surface area contributed by atoms with Crippen LogP contribution in [0.2, 0.25) is 0 Å². The standard InChI is InChI=1S/C13H10N2O/c16-13-7-10-4-3-9(6-12(10)15-13)11-2-1-5-14-8-11/h1-8,15-16H. The van der Waals surface area contributed by atoms with E-state index in [4.69, 9.17) is 0 Å². The maximum Gasteiger partial charge on any atom is 0.189 e. The van der Waals surface area contributed by atoms with Crippen LogP contribution in [0.1, 0.15) is 0 Å². The van der Waals surface area contributed by atoms with E-state index in [9.17, 15) is 5.11 Å². The lowest BCUT2D eigenvalue weighted by molar-refractivity contribution is 0.458. The summed E-state index contributed by atoms with van der Waals surface area (Å²) in [4.78, 5) is 6.99. The first-order valence-corrected chi connectivity index (χ1v) is 5.05. The predicted molar refractivity (Wildman–Crippen MR) is 63.2 cm³/mol. The van der Waals surface area contributed by atoms with Gasteiger partial charge in [0.1, 0.15) is 0 Å². The molecule has 2 heterocycles. The first-order valence-electron chi connectivity index (χ1n) is 5.05. The number of aromatic amines is 1. The Morgan fingerprint density at radius 2 is 2.00 bits per heavy atom. The van der Waals surface area contributed by atoms with E-state index in [1.165, 1.54) is 0 Å².